The third-order valence-corrected chi connectivity index (χ3v) is 7.98. The lowest BCUT2D eigenvalue weighted by molar-refractivity contribution is -0.152. The molecule has 0 bridgehead atoms. The Morgan fingerprint density at radius 1 is 0.682 bits per heavy atom. The van der Waals surface area contributed by atoms with E-state index in [0.29, 0.717) is 19.3 Å². The molecule has 1 N–H and O–H groups in total. The van der Waals surface area contributed by atoms with E-state index in [1.165, 1.54) is 70.6 Å². The number of hydrogen-bond donors (Lipinski definition) is 1. The van der Waals surface area contributed by atoms with Crippen molar-refractivity contribution in [2.75, 3.05) is 13.2 Å². The van der Waals surface area contributed by atoms with Crippen LogP contribution < -0.4 is 0 Å². The van der Waals surface area contributed by atoms with Gasteiger partial charge in [-0.3, -0.25) is 9.59 Å². The van der Waals surface area contributed by atoms with Gasteiger partial charge in [0.2, 0.25) is 0 Å². The van der Waals surface area contributed by atoms with Crippen LogP contribution in [0.4, 0.5) is 0 Å². The van der Waals surface area contributed by atoms with E-state index in [4.69, 9.17) is 14.2 Å². The first kappa shape index (κ1) is 40.1. The Morgan fingerprint density at radius 3 is 1.84 bits per heavy atom. The number of ether oxygens (including phenoxy) is 3. The molecule has 0 aromatic carbocycles. The summed E-state index contributed by atoms with van der Waals surface area (Å²) in [5.41, 5.74) is 0. The Hall–Kier alpha value is -1.92. The van der Waals surface area contributed by atoms with E-state index in [2.05, 4.69) is 57.2 Å². The number of allylic oxidation sites excluding steroid dienone is 5. The number of rotatable bonds is 30. The molecule has 3 atom stereocenters. The Morgan fingerprint density at radius 2 is 1.23 bits per heavy atom. The van der Waals surface area contributed by atoms with Crippen molar-refractivity contribution in [1.29, 1.82) is 0 Å². The summed E-state index contributed by atoms with van der Waals surface area (Å²) < 4.78 is 16.0. The third kappa shape index (κ3) is 26.5. The number of esters is 2. The summed E-state index contributed by atoms with van der Waals surface area (Å²) >= 11 is 0. The molecule has 0 aliphatic carbocycles. The molecule has 1 saturated heterocycles. The second kappa shape index (κ2) is 28.5. The molecule has 6 heteroatoms. The summed E-state index contributed by atoms with van der Waals surface area (Å²) in [6, 6.07) is 0. The van der Waals surface area contributed by atoms with Crippen molar-refractivity contribution < 1.29 is 28.9 Å². The predicted octanol–water partition coefficient (Wildman–Crippen LogP) is 9.74. The molecular weight excluding hydrogens is 552 g/mol. The van der Waals surface area contributed by atoms with Crippen LogP contribution in [0.15, 0.2) is 36.5 Å². The van der Waals surface area contributed by atoms with E-state index in [0.717, 1.165) is 50.9 Å². The van der Waals surface area contributed by atoms with Gasteiger partial charge in [-0.15, -0.1) is 0 Å². The number of epoxide rings is 1. The van der Waals surface area contributed by atoms with Gasteiger partial charge in [-0.2, -0.15) is 0 Å². The molecule has 0 spiro atoms. The molecule has 0 aromatic heterocycles. The van der Waals surface area contributed by atoms with Gasteiger partial charge >= 0.3 is 11.9 Å². The monoisotopic (exact) mass is 618 g/mol. The van der Waals surface area contributed by atoms with Crippen LogP contribution in [0.3, 0.4) is 0 Å². The van der Waals surface area contributed by atoms with Crippen molar-refractivity contribution in [2.45, 2.75) is 174 Å². The summed E-state index contributed by atoms with van der Waals surface area (Å²) in [5, 5.41) is 10.0. The number of hydrogen-bond acceptors (Lipinski definition) is 6. The minimum atomic E-state index is -0.992. The molecule has 0 amide bonds. The van der Waals surface area contributed by atoms with Crippen LogP contribution in [0, 0.1) is 5.92 Å². The van der Waals surface area contributed by atoms with Crippen LogP contribution in [-0.2, 0) is 23.8 Å². The standard InChI is InChI=1S/C38H66O6/c1-4-5-6-7-8-9-10-11-14-17-20-23-27-35-36(44-35)28-25-30-38(41)43-32-34(39)31-42-37(40)29-24-21-18-15-12-13-16-19-22-26-33(2)3/h8-9,11,14,20,23,33-36,39H,4-7,10,12-13,15-19,21-22,24-32H2,1-3H3/b9-8-,14-11-,23-20-/t34-,35?,36?/m1/s1. The lowest BCUT2D eigenvalue weighted by atomic mass is 10.0. The molecule has 0 aromatic rings. The predicted molar refractivity (Wildman–Crippen MR) is 181 cm³/mol. The molecule has 1 heterocycles. The van der Waals surface area contributed by atoms with Crippen molar-refractivity contribution in [3.05, 3.63) is 36.5 Å². The maximum atomic E-state index is 12.0. The van der Waals surface area contributed by atoms with Gasteiger partial charge in [0.25, 0.3) is 0 Å². The number of aliphatic hydroxyl groups excluding tert-OH is 1. The fourth-order valence-electron chi connectivity index (χ4n) is 5.12. The fraction of sp³-hybridized carbons (Fsp3) is 0.789. The highest BCUT2D eigenvalue weighted by Crippen LogP contribution is 2.30. The Kier molecular flexibility index (Phi) is 26.0. The summed E-state index contributed by atoms with van der Waals surface area (Å²) in [7, 11) is 0. The van der Waals surface area contributed by atoms with Gasteiger partial charge in [-0.1, -0.05) is 128 Å². The molecule has 254 valence electrons. The quantitative estimate of drug-likeness (QED) is 0.0373. The average Bonchev–Trinajstić information content (AvgIpc) is 3.75. The molecular formula is C38H66O6. The first-order valence-corrected chi connectivity index (χ1v) is 18.0. The second-order valence-electron chi connectivity index (χ2n) is 12.9. The van der Waals surface area contributed by atoms with Crippen LogP contribution in [0.25, 0.3) is 0 Å². The molecule has 1 rings (SSSR count). The van der Waals surface area contributed by atoms with E-state index in [9.17, 15) is 14.7 Å². The van der Waals surface area contributed by atoms with E-state index < -0.39 is 6.10 Å². The maximum absolute atomic E-state index is 12.0. The molecule has 44 heavy (non-hydrogen) atoms. The van der Waals surface area contributed by atoms with E-state index in [-0.39, 0.29) is 37.4 Å². The van der Waals surface area contributed by atoms with Crippen LogP contribution in [0.2, 0.25) is 0 Å². The molecule has 0 radical (unpaired) electrons. The van der Waals surface area contributed by atoms with E-state index in [1.807, 2.05) is 0 Å². The van der Waals surface area contributed by atoms with Gasteiger partial charge in [0.1, 0.15) is 19.3 Å². The van der Waals surface area contributed by atoms with Crippen LogP contribution in [0.5, 0.6) is 0 Å². The molecule has 1 aliphatic rings. The van der Waals surface area contributed by atoms with Gasteiger partial charge in [-0.25, -0.2) is 0 Å². The topological polar surface area (TPSA) is 85.4 Å². The largest absolute Gasteiger partial charge is 0.463 e. The lowest BCUT2D eigenvalue weighted by Crippen LogP contribution is -2.25. The zero-order valence-corrected chi connectivity index (χ0v) is 28.5. The highest BCUT2D eigenvalue weighted by molar-refractivity contribution is 5.69. The molecule has 0 saturated carbocycles. The Balaban J connectivity index is 1.90. The van der Waals surface area contributed by atoms with Gasteiger partial charge in [-0.05, 0) is 57.3 Å². The first-order chi connectivity index (χ1) is 21.4. The SMILES string of the molecule is CCCCC/C=C\C/C=C\C/C=C\CC1OC1CCCC(=O)OC[C@H](O)COC(=O)CCCCCCCCCCCC(C)C. The molecule has 2 unspecified atom stereocenters. The van der Waals surface area contributed by atoms with Gasteiger partial charge in [0, 0.05) is 12.8 Å². The minimum Gasteiger partial charge on any atom is -0.463 e. The number of carbonyl (C=O) groups is 2. The summed E-state index contributed by atoms with van der Waals surface area (Å²) in [6.45, 7) is 6.51. The highest BCUT2D eigenvalue weighted by atomic mass is 16.6. The lowest BCUT2D eigenvalue weighted by Gasteiger charge is -2.12. The average molecular weight is 619 g/mol. The summed E-state index contributed by atoms with van der Waals surface area (Å²) in [6.07, 6.45) is 35.1. The van der Waals surface area contributed by atoms with Gasteiger partial charge < -0.3 is 19.3 Å². The van der Waals surface area contributed by atoms with Crippen LogP contribution in [-0.4, -0.2) is 48.6 Å². The van der Waals surface area contributed by atoms with Gasteiger partial charge in [0.15, 0.2) is 0 Å². The number of aliphatic hydroxyl groups is 1. The summed E-state index contributed by atoms with van der Waals surface area (Å²) in [5.74, 6) is 0.172. The van der Waals surface area contributed by atoms with Crippen molar-refractivity contribution >= 4 is 11.9 Å². The molecule has 1 fully saturated rings. The Bertz CT molecular complexity index is 786. The Labute approximate surface area is 270 Å². The highest BCUT2D eigenvalue weighted by Gasteiger charge is 2.36. The normalized spacial score (nSPS) is 17.3. The summed E-state index contributed by atoms with van der Waals surface area (Å²) in [4.78, 5) is 23.9. The van der Waals surface area contributed by atoms with Crippen molar-refractivity contribution in [2.24, 2.45) is 5.92 Å². The zero-order chi connectivity index (χ0) is 32.1. The van der Waals surface area contributed by atoms with Crippen LogP contribution >= 0.6 is 0 Å². The zero-order valence-electron chi connectivity index (χ0n) is 28.5. The molecule has 1 aliphatic heterocycles. The van der Waals surface area contributed by atoms with Crippen molar-refractivity contribution in [1.82, 2.24) is 0 Å². The van der Waals surface area contributed by atoms with E-state index >= 15 is 0 Å². The third-order valence-electron chi connectivity index (χ3n) is 7.98. The molecule has 6 nitrogen and oxygen atoms in total. The smallest absolute Gasteiger partial charge is 0.305 e. The minimum absolute atomic E-state index is 0.139. The van der Waals surface area contributed by atoms with Crippen molar-refractivity contribution in [3.63, 3.8) is 0 Å². The van der Waals surface area contributed by atoms with Gasteiger partial charge in [0.05, 0.1) is 12.2 Å². The number of unbranched alkanes of at least 4 members (excludes halogenated alkanes) is 11. The first-order valence-electron chi connectivity index (χ1n) is 18.0. The fourth-order valence-corrected chi connectivity index (χ4v) is 5.12. The second-order valence-corrected chi connectivity index (χ2v) is 12.9. The van der Waals surface area contributed by atoms with Crippen LogP contribution in [0.1, 0.15) is 156 Å². The number of carbonyl (C=O) groups excluding carboxylic acids is 2. The van der Waals surface area contributed by atoms with Crippen molar-refractivity contribution in [3.8, 4) is 0 Å². The maximum Gasteiger partial charge on any atom is 0.305 e. The van der Waals surface area contributed by atoms with E-state index in [1.54, 1.807) is 0 Å².